The molecule has 1 aromatic carbocycles. The zero-order chi connectivity index (χ0) is 14.0. The molecule has 0 bridgehead atoms. The lowest BCUT2D eigenvalue weighted by molar-refractivity contribution is -0.132. The molecule has 1 aromatic rings. The second-order valence-electron chi connectivity index (χ2n) is 4.79. The average Bonchev–Trinajstić information content (AvgIpc) is 2.42. The van der Waals surface area contributed by atoms with Gasteiger partial charge in [-0.25, -0.2) is 0 Å². The molecule has 2 amide bonds. The Kier molecular flexibility index (Phi) is 3.85. The number of para-hydroxylation sites is 1. The predicted octanol–water partition coefficient (Wildman–Crippen LogP) is 0.948. The van der Waals surface area contributed by atoms with Crippen LogP contribution in [0.4, 0.5) is 5.69 Å². The number of benzene rings is 1. The number of rotatable bonds is 3. The SMILES string of the molecule is CCC(N)c1ccccc1N1CC(=O)NC(=O)C1C. The molecule has 102 valence electrons. The van der Waals surface area contributed by atoms with Crippen molar-refractivity contribution in [2.24, 2.45) is 5.73 Å². The van der Waals surface area contributed by atoms with E-state index in [-0.39, 0.29) is 30.4 Å². The minimum atomic E-state index is -0.372. The molecule has 1 saturated heterocycles. The summed E-state index contributed by atoms with van der Waals surface area (Å²) >= 11 is 0. The Labute approximate surface area is 112 Å². The van der Waals surface area contributed by atoms with Gasteiger partial charge in [0.05, 0.1) is 6.54 Å². The Morgan fingerprint density at radius 1 is 1.42 bits per heavy atom. The monoisotopic (exact) mass is 261 g/mol. The second kappa shape index (κ2) is 5.40. The van der Waals surface area contributed by atoms with Crippen molar-refractivity contribution >= 4 is 17.5 Å². The molecule has 0 radical (unpaired) electrons. The molecule has 19 heavy (non-hydrogen) atoms. The molecule has 1 aliphatic heterocycles. The van der Waals surface area contributed by atoms with Crippen molar-refractivity contribution in [2.75, 3.05) is 11.4 Å². The van der Waals surface area contributed by atoms with Crippen LogP contribution in [0.2, 0.25) is 0 Å². The van der Waals surface area contributed by atoms with Crippen molar-refractivity contribution in [3.8, 4) is 0 Å². The van der Waals surface area contributed by atoms with Crippen LogP contribution in [0, 0.1) is 0 Å². The largest absolute Gasteiger partial charge is 0.350 e. The molecule has 0 aromatic heterocycles. The van der Waals surface area contributed by atoms with E-state index in [1.807, 2.05) is 36.1 Å². The Bertz CT molecular complexity index is 501. The van der Waals surface area contributed by atoms with Crippen molar-refractivity contribution < 1.29 is 9.59 Å². The van der Waals surface area contributed by atoms with E-state index >= 15 is 0 Å². The number of nitrogens with zero attached hydrogens (tertiary/aromatic N) is 1. The maximum atomic E-state index is 11.7. The highest BCUT2D eigenvalue weighted by molar-refractivity contribution is 6.04. The van der Waals surface area contributed by atoms with Crippen LogP contribution < -0.4 is 16.0 Å². The zero-order valence-electron chi connectivity index (χ0n) is 11.2. The summed E-state index contributed by atoms with van der Waals surface area (Å²) in [7, 11) is 0. The fourth-order valence-electron chi connectivity index (χ4n) is 2.29. The molecule has 0 aliphatic carbocycles. The zero-order valence-corrected chi connectivity index (χ0v) is 11.2. The fourth-order valence-corrected chi connectivity index (χ4v) is 2.29. The quantitative estimate of drug-likeness (QED) is 0.794. The van der Waals surface area contributed by atoms with E-state index in [1.165, 1.54) is 0 Å². The van der Waals surface area contributed by atoms with Crippen molar-refractivity contribution in [3.05, 3.63) is 29.8 Å². The molecule has 5 nitrogen and oxygen atoms in total. The molecule has 0 spiro atoms. The number of hydrogen-bond donors (Lipinski definition) is 2. The first kappa shape index (κ1) is 13.5. The number of nitrogens with one attached hydrogen (secondary N) is 1. The van der Waals surface area contributed by atoms with Crippen molar-refractivity contribution in [1.82, 2.24) is 5.32 Å². The topological polar surface area (TPSA) is 75.4 Å². The van der Waals surface area contributed by atoms with Crippen LogP contribution >= 0.6 is 0 Å². The molecular weight excluding hydrogens is 242 g/mol. The van der Waals surface area contributed by atoms with Crippen LogP contribution in [0.3, 0.4) is 0 Å². The van der Waals surface area contributed by atoms with Crippen molar-refractivity contribution in [2.45, 2.75) is 32.4 Å². The van der Waals surface area contributed by atoms with E-state index in [0.29, 0.717) is 0 Å². The number of imide groups is 1. The van der Waals surface area contributed by atoms with Gasteiger partial charge in [-0.1, -0.05) is 25.1 Å². The van der Waals surface area contributed by atoms with Crippen molar-refractivity contribution in [1.29, 1.82) is 0 Å². The molecule has 2 rings (SSSR count). The number of nitrogens with two attached hydrogens (primary N) is 1. The van der Waals surface area contributed by atoms with Crippen LogP contribution in [0.5, 0.6) is 0 Å². The molecule has 5 heteroatoms. The molecule has 2 unspecified atom stereocenters. The normalized spacial score (nSPS) is 21.2. The molecule has 2 atom stereocenters. The lowest BCUT2D eigenvalue weighted by Crippen LogP contribution is -2.57. The van der Waals surface area contributed by atoms with Gasteiger partial charge in [0.25, 0.3) is 0 Å². The Hall–Kier alpha value is -1.88. The summed E-state index contributed by atoms with van der Waals surface area (Å²) in [6, 6.07) is 7.21. The van der Waals surface area contributed by atoms with Crippen LogP contribution in [-0.4, -0.2) is 24.4 Å². The summed E-state index contributed by atoms with van der Waals surface area (Å²) in [5, 5.41) is 2.34. The smallest absolute Gasteiger partial charge is 0.249 e. The third kappa shape index (κ3) is 2.61. The second-order valence-corrected chi connectivity index (χ2v) is 4.79. The van der Waals surface area contributed by atoms with E-state index in [9.17, 15) is 9.59 Å². The maximum absolute atomic E-state index is 11.7. The van der Waals surface area contributed by atoms with E-state index in [2.05, 4.69) is 5.32 Å². The summed E-state index contributed by atoms with van der Waals surface area (Å²) < 4.78 is 0. The maximum Gasteiger partial charge on any atom is 0.249 e. The minimum Gasteiger partial charge on any atom is -0.350 e. The van der Waals surface area contributed by atoms with Gasteiger partial charge in [0.1, 0.15) is 6.04 Å². The van der Waals surface area contributed by atoms with Crippen LogP contribution in [-0.2, 0) is 9.59 Å². The first-order chi connectivity index (χ1) is 9.04. The number of carbonyl (C=O) groups excluding carboxylic acids is 2. The first-order valence-corrected chi connectivity index (χ1v) is 6.49. The van der Waals surface area contributed by atoms with E-state index in [1.54, 1.807) is 6.92 Å². The molecule has 1 aliphatic rings. The van der Waals surface area contributed by atoms with Gasteiger partial charge < -0.3 is 10.6 Å². The van der Waals surface area contributed by atoms with Gasteiger partial charge in [-0.3, -0.25) is 14.9 Å². The van der Waals surface area contributed by atoms with Gasteiger partial charge in [0, 0.05) is 11.7 Å². The molecule has 1 heterocycles. The summed E-state index contributed by atoms with van der Waals surface area (Å²) in [6.45, 7) is 3.98. The van der Waals surface area contributed by atoms with E-state index in [4.69, 9.17) is 5.73 Å². The standard InChI is InChI=1S/C14H19N3O2/c1-3-11(15)10-6-4-5-7-12(10)17-8-13(18)16-14(19)9(17)2/h4-7,9,11H,3,8,15H2,1-2H3,(H,16,18,19). The lowest BCUT2D eigenvalue weighted by atomic mass is 10.0. The summed E-state index contributed by atoms with van der Waals surface area (Å²) in [5.41, 5.74) is 7.94. The summed E-state index contributed by atoms with van der Waals surface area (Å²) in [5.74, 6) is -0.543. The Balaban J connectivity index is 2.40. The highest BCUT2D eigenvalue weighted by Gasteiger charge is 2.31. The number of piperazine rings is 1. The average molecular weight is 261 g/mol. The molecular formula is C14H19N3O2. The number of hydrogen-bond acceptors (Lipinski definition) is 4. The summed E-state index contributed by atoms with van der Waals surface area (Å²) in [4.78, 5) is 25.1. The van der Waals surface area contributed by atoms with Crippen LogP contribution in [0.1, 0.15) is 31.9 Å². The number of anilines is 1. The minimum absolute atomic E-state index is 0.0940. The highest BCUT2D eigenvalue weighted by Crippen LogP contribution is 2.28. The van der Waals surface area contributed by atoms with Crippen molar-refractivity contribution in [3.63, 3.8) is 0 Å². The Morgan fingerprint density at radius 2 is 2.11 bits per heavy atom. The van der Waals surface area contributed by atoms with Gasteiger partial charge >= 0.3 is 0 Å². The molecule has 0 saturated carbocycles. The van der Waals surface area contributed by atoms with Crippen LogP contribution in [0.25, 0.3) is 0 Å². The predicted molar refractivity (Wildman–Crippen MR) is 73.6 cm³/mol. The van der Waals surface area contributed by atoms with Gasteiger partial charge in [-0.05, 0) is 25.0 Å². The fraction of sp³-hybridized carbons (Fsp3) is 0.429. The molecule has 3 N–H and O–H groups in total. The van der Waals surface area contributed by atoms with Gasteiger partial charge in [0.2, 0.25) is 11.8 Å². The lowest BCUT2D eigenvalue weighted by Gasteiger charge is -2.35. The number of carbonyl (C=O) groups is 2. The van der Waals surface area contributed by atoms with Gasteiger partial charge in [0.15, 0.2) is 0 Å². The third-order valence-electron chi connectivity index (χ3n) is 3.51. The van der Waals surface area contributed by atoms with Crippen LogP contribution in [0.15, 0.2) is 24.3 Å². The van der Waals surface area contributed by atoms with Gasteiger partial charge in [-0.15, -0.1) is 0 Å². The molecule has 1 fully saturated rings. The summed E-state index contributed by atoms with van der Waals surface area (Å²) in [6.07, 6.45) is 0.805. The highest BCUT2D eigenvalue weighted by atomic mass is 16.2. The van der Waals surface area contributed by atoms with E-state index < -0.39 is 0 Å². The number of amides is 2. The van der Waals surface area contributed by atoms with E-state index in [0.717, 1.165) is 17.7 Å². The first-order valence-electron chi connectivity index (χ1n) is 6.49. The third-order valence-corrected chi connectivity index (χ3v) is 3.51. The van der Waals surface area contributed by atoms with Gasteiger partial charge in [-0.2, -0.15) is 0 Å². The Morgan fingerprint density at radius 3 is 2.79 bits per heavy atom.